The van der Waals surface area contributed by atoms with Crippen molar-refractivity contribution in [2.45, 2.75) is 0 Å². The summed E-state index contributed by atoms with van der Waals surface area (Å²) in [7, 11) is 0. The first-order valence-corrected chi connectivity index (χ1v) is 24.1. The van der Waals surface area contributed by atoms with Gasteiger partial charge in [-0.25, -0.2) is 0 Å². The molecule has 0 aliphatic rings. The average molecular weight is 889 g/mol. The molecule has 0 fully saturated rings. The zero-order chi connectivity index (χ0) is 46.1. The Labute approximate surface area is 406 Å². The van der Waals surface area contributed by atoms with Gasteiger partial charge in [0.2, 0.25) is 0 Å². The molecule has 2 nitrogen and oxygen atoms in total. The fourth-order valence-electron chi connectivity index (χ4n) is 11.0. The standard InChI is InChI=1S/C68H44N2/c1-3-11-57(12-4-1)69-65-17-9-7-15-61(65)63-43-53(35-39-67(63)69)49-25-21-46(22-26-49)45-19-23-47(24-20-45)51-33-37-59-55(41-51)31-32-56-42-52(34-38-60(56)59)48-27-29-50(30-28-48)54-36-40-68-64(44-54)62-16-8-10-18-66(62)70(68)58-13-5-2-6-14-58/h1-44H. The van der Waals surface area contributed by atoms with E-state index in [2.05, 4.69) is 276 Å². The molecule has 0 bridgehead atoms. The van der Waals surface area contributed by atoms with Crippen LogP contribution in [0.3, 0.4) is 0 Å². The Morgan fingerprint density at radius 2 is 0.457 bits per heavy atom. The van der Waals surface area contributed by atoms with E-state index in [1.165, 1.54) is 132 Å². The molecule has 0 saturated heterocycles. The summed E-state index contributed by atoms with van der Waals surface area (Å²) in [5.74, 6) is 0. The summed E-state index contributed by atoms with van der Waals surface area (Å²) >= 11 is 0. The van der Waals surface area contributed by atoms with Gasteiger partial charge in [-0.2, -0.15) is 0 Å². The van der Waals surface area contributed by atoms with Gasteiger partial charge in [-0.3, -0.25) is 0 Å². The molecule has 0 aliphatic heterocycles. The lowest BCUT2D eigenvalue weighted by molar-refractivity contribution is 1.18. The highest BCUT2D eigenvalue weighted by atomic mass is 15.0. The molecule has 14 rings (SSSR count). The third-order valence-electron chi connectivity index (χ3n) is 14.5. The van der Waals surface area contributed by atoms with E-state index in [1.54, 1.807) is 0 Å². The van der Waals surface area contributed by atoms with E-state index in [0.717, 1.165) is 0 Å². The molecule has 326 valence electrons. The molecule has 0 atom stereocenters. The van der Waals surface area contributed by atoms with Crippen LogP contribution >= 0.6 is 0 Å². The molecule has 0 saturated carbocycles. The lowest BCUT2D eigenvalue weighted by Gasteiger charge is -2.11. The van der Waals surface area contributed by atoms with Gasteiger partial charge in [-0.1, -0.05) is 194 Å². The van der Waals surface area contributed by atoms with Gasteiger partial charge in [0.05, 0.1) is 22.1 Å². The van der Waals surface area contributed by atoms with Crippen LogP contribution in [0.25, 0.3) is 132 Å². The molecule has 70 heavy (non-hydrogen) atoms. The second-order valence-electron chi connectivity index (χ2n) is 18.5. The average Bonchev–Trinajstić information content (AvgIpc) is 3.95. The van der Waals surface area contributed by atoms with Crippen LogP contribution in [0.2, 0.25) is 0 Å². The summed E-state index contributed by atoms with van der Waals surface area (Å²) in [6.07, 6.45) is 0. The minimum Gasteiger partial charge on any atom is -0.309 e. The summed E-state index contributed by atoms with van der Waals surface area (Å²) in [6, 6.07) is 97.8. The van der Waals surface area contributed by atoms with Gasteiger partial charge in [-0.15, -0.1) is 0 Å². The van der Waals surface area contributed by atoms with E-state index < -0.39 is 0 Å². The number of fused-ring (bicyclic) bond motifs is 9. The predicted octanol–water partition coefficient (Wildman–Crippen LogP) is 18.5. The van der Waals surface area contributed by atoms with Crippen molar-refractivity contribution >= 4 is 65.2 Å². The lowest BCUT2D eigenvalue weighted by Crippen LogP contribution is -1.92. The molecular weight excluding hydrogens is 845 g/mol. The molecule has 0 unspecified atom stereocenters. The van der Waals surface area contributed by atoms with Crippen molar-refractivity contribution in [2.24, 2.45) is 0 Å². The second kappa shape index (κ2) is 16.2. The molecule has 0 aliphatic carbocycles. The number of nitrogens with zero attached hydrogens (tertiary/aromatic N) is 2. The van der Waals surface area contributed by atoms with E-state index in [9.17, 15) is 0 Å². The predicted molar refractivity (Wildman–Crippen MR) is 297 cm³/mol. The van der Waals surface area contributed by atoms with E-state index in [0.29, 0.717) is 0 Å². The maximum atomic E-state index is 2.37. The number of aromatic nitrogens is 2. The van der Waals surface area contributed by atoms with Crippen molar-refractivity contribution in [1.82, 2.24) is 9.13 Å². The second-order valence-corrected chi connectivity index (χ2v) is 18.5. The fourth-order valence-corrected chi connectivity index (χ4v) is 11.0. The number of para-hydroxylation sites is 4. The molecule has 0 radical (unpaired) electrons. The SMILES string of the molecule is c1ccc(-n2c3ccccc3c3cc(-c4ccc(-c5ccc(-c6ccc7c(ccc8cc(-c9ccc(-c%10ccc%11c(c%10)c%10ccccc%10n%11-c%10ccccc%10)cc9)ccc87)c6)cc5)cc4)ccc32)cc1. The van der Waals surface area contributed by atoms with Crippen molar-refractivity contribution < 1.29 is 0 Å². The topological polar surface area (TPSA) is 9.86 Å². The van der Waals surface area contributed by atoms with Gasteiger partial charge < -0.3 is 9.13 Å². The Morgan fingerprint density at radius 3 is 0.843 bits per heavy atom. The van der Waals surface area contributed by atoms with Crippen LogP contribution < -0.4 is 0 Å². The van der Waals surface area contributed by atoms with E-state index in [1.807, 2.05) is 0 Å². The van der Waals surface area contributed by atoms with Crippen molar-refractivity contribution in [2.75, 3.05) is 0 Å². The Bertz CT molecular complexity index is 4290. The van der Waals surface area contributed by atoms with Crippen molar-refractivity contribution in [3.8, 4) is 67.0 Å². The third-order valence-corrected chi connectivity index (χ3v) is 14.5. The third kappa shape index (κ3) is 6.64. The minimum atomic E-state index is 1.18. The summed E-state index contributed by atoms with van der Waals surface area (Å²) in [5.41, 5.74) is 19.4. The van der Waals surface area contributed by atoms with Gasteiger partial charge in [-0.05, 0) is 150 Å². The van der Waals surface area contributed by atoms with Crippen LogP contribution in [0, 0.1) is 0 Å². The fraction of sp³-hybridized carbons (Fsp3) is 0. The van der Waals surface area contributed by atoms with Crippen molar-refractivity contribution in [3.63, 3.8) is 0 Å². The zero-order valence-electron chi connectivity index (χ0n) is 38.3. The highest BCUT2D eigenvalue weighted by Crippen LogP contribution is 2.39. The lowest BCUT2D eigenvalue weighted by atomic mass is 9.94. The smallest absolute Gasteiger partial charge is 0.0541 e. The molecule has 12 aromatic carbocycles. The number of hydrogen-bond acceptors (Lipinski definition) is 0. The van der Waals surface area contributed by atoms with Crippen LogP contribution in [-0.2, 0) is 0 Å². The van der Waals surface area contributed by atoms with Crippen LogP contribution in [0.1, 0.15) is 0 Å². The summed E-state index contributed by atoms with van der Waals surface area (Å²) < 4.78 is 4.73. The number of hydrogen-bond donors (Lipinski definition) is 0. The zero-order valence-corrected chi connectivity index (χ0v) is 38.3. The maximum Gasteiger partial charge on any atom is 0.0541 e. The van der Waals surface area contributed by atoms with Gasteiger partial charge in [0.15, 0.2) is 0 Å². The quantitative estimate of drug-likeness (QED) is 0.141. The largest absolute Gasteiger partial charge is 0.309 e. The van der Waals surface area contributed by atoms with Gasteiger partial charge in [0.1, 0.15) is 0 Å². The molecule has 0 spiro atoms. The molecule has 0 N–H and O–H groups in total. The first-order valence-electron chi connectivity index (χ1n) is 24.1. The summed E-state index contributed by atoms with van der Waals surface area (Å²) in [5, 5.41) is 10.1. The summed E-state index contributed by atoms with van der Waals surface area (Å²) in [4.78, 5) is 0. The van der Waals surface area contributed by atoms with E-state index >= 15 is 0 Å². The Morgan fingerprint density at radius 1 is 0.171 bits per heavy atom. The molecular formula is C68H44N2. The van der Waals surface area contributed by atoms with Crippen molar-refractivity contribution in [3.05, 3.63) is 267 Å². The van der Waals surface area contributed by atoms with Gasteiger partial charge in [0, 0.05) is 32.9 Å². The minimum absolute atomic E-state index is 1.18. The number of rotatable bonds is 7. The van der Waals surface area contributed by atoms with Crippen molar-refractivity contribution in [1.29, 1.82) is 0 Å². The molecule has 2 aromatic heterocycles. The summed E-state index contributed by atoms with van der Waals surface area (Å²) in [6.45, 7) is 0. The van der Waals surface area contributed by atoms with Gasteiger partial charge in [0.25, 0.3) is 0 Å². The molecule has 2 heterocycles. The monoisotopic (exact) mass is 888 g/mol. The van der Waals surface area contributed by atoms with Crippen LogP contribution in [0.5, 0.6) is 0 Å². The first kappa shape index (κ1) is 39.9. The Kier molecular flexibility index (Phi) is 9.25. The van der Waals surface area contributed by atoms with Gasteiger partial charge >= 0.3 is 0 Å². The number of benzene rings is 12. The van der Waals surface area contributed by atoms with E-state index in [-0.39, 0.29) is 0 Å². The molecule has 2 heteroatoms. The molecule has 0 amide bonds. The normalized spacial score (nSPS) is 11.7. The Balaban J connectivity index is 0.698. The maximum absolute atomic E-state index is 2.37. The van der Waals surface area contributed by atoms with E-state index in [4.69, 9.17) is 0 Å². The van der Waals surface area contributed by atoms with Crippen LogP contribution in [-0.4, -0.2) is 9.13 Å². The first-order chi connectivity index (χ1) is 34.7. The van der Waals surface area contributed by atoms with Crippen LogP contribution in [0.15, 0.2) is 267 Å². The highest BCUT2D eigenvalue weighted by molar-refractivity contribution is 6.12. The van der Waals surface area contributed by atoms with Crippen LogP contribution in [0.4, 0.5) is 0 Å². The molecule has 14 aromatic rings. The highest BCUT2D eigenvalue weighted by Gasteiger charge is 2.16. The Hall–Kier alpha value is -9.24.